The lowest BCUT2D eigenvalue weighted by atomic mass is 10.0. The van der Waals surface area contributed by atoms with Gasteiger partial charge in [0.25, 0.3) is 0 Å². The lowest BCUT2D eigenvalue weighted by Crippen LogP contribution is -2.19. The van der Waals surface area contributed by atoms with Gasteiger partial charge in [0.1, 0.15) is 5.82 Å². The molecule has 0 bridgehead atoms. The number of aromatic nitrogens is 1. The van der Waals surface area contributed by atoms with E-state index in [0.29, 0.717) is 11.4 Å². The summed E-state index contributed by atoms with van der Waals surface area (Å²) in [5.41, 5.74) is 1.77. The average molecular weight is 285 g/mol. The van der Waals surface area contributed by atoms with Crippen molar-refractivity contribution >= 4 is 22.9 Å². The van der Waals surface area contributed by atoms with Gasteiger partial charge in [0.05, 0.1) is 16.7 Å². The van der Waals surface area contributed by atoms with Crippen molar-refractivity contribution in [2.24, 2.45) is 0 Å². The predicted molar refractivity (Wildman–Crippen MR) is 73.8 cm³/mol. The second-order valence-corrected chi connectivity index (χ2v) is 5.54. The number of likely N-dealkylation sites (N-methyl/N-ethyl adjacent to an activating group) is 1. The number of hydrogen-bond acceptors (Lipinski definition) is 3. The maximum atomic E-state index is 13.2. The van der Waals surface area contributed by atoms with Gasteiger partial charge < -0.3 is 5.32 Å². The molecule has 0 fully saturated rings. The van der Waals surface area contributed by atoms with Crippen molar-refractivity contribution in [3.63, 3.8) is 0 Å². The number of benzene rings is 1. The Morgan fingerprint density at radius 2 is 2.28 bits per heavy atom. The Kier molecular flexibility index (Phi) is 4.32. The molecule has 2 rings (SSSR count). The molecular formula is C13H14ClFN2S. The van der Waals surface area contributed by atoms with Gasteiger partial charge in [0.15, 0.2) is 0 Å². The van der Waals surface area contributed by atoms with E-state index in [4.69, 9.17) is 11.6 Å². The largest absolute Gasteiger partial charge is 0.311 e. The quantitative estimate of drug-likeness (QED) is 0.925. The summed E-state index contributed by atoms with van der Waals surface area (Å²) in [4.78, 5) is 4.45. The number of halogens is 2. The molecule has 1 aromatic heterocycles. The molecule has 0 aliphatic heterocycles. The van der Waals surface area contributed by atoms with Crippen molar-refractivity contribution in [1.82, 2.24) is 10.3 Å². The van der Waals surface area contributed by atoms with E-state index in [9.17, 15) is 4.39 Å². The highest BCUT2D eigenvalue weighted by Gasteiger charge is 2.15. The van der Waals surface area contributed by atoms with Gasteiger partial charge in [0.2, 0.25) is 0 Å². The molecule has 2 nitrogen and oxygen atoms in total. The lowest BCUT2D eigenvalue weighted by Gasteiger charge is -2.15. The molecular weight excluding hydrogens is 271 g/mol. The van der Waals surface area contributed by atoms with Gasteiger partial charge >= 0.3 is 0 Å². The summed E-state index contributed by atoms with van der Waals surface area (Å²) in [6.07, 6.45) is 0.621. The Morgan fingerprint density at radius 1 is 1.50 bits per heavy atom. The molecule has 1 unspecified atom stereocenters. The fourth-order valence-electron chi connectivity index (χ4n) is 1.81. The molecule has 0 saturated carbocycles. The first-order chi connectivity index (χ1) is 8.60. The van der Waals surface area contributed by atoms with Gasteiger partial charge in [-0.25, -0.2) is 9.37 Å². The molecule has 2 aromatic rings. The maximum Gasteiger partial charge on any atom is 0.123 e. The van der Waals surface area contributed by atoms with Crippen molar-refractivity contribution in [2.45, 2.75) is 19.4 Å². The van der Waals surface area contributed by atoms with Gasteiger partial charge in [-0.3, -0.25) is 0 Å². The van der Waals surface area contributed by atoms with E-state index in [2.05, 4.69) is 10.3 Å². The number of hydrogen-bond donors (Lipinski definition) is 1. The van der Waals surface area contributed by atoms with E-state index < -0.39 is 0 Å². The summed E-state index contributed by atoms with van der Waals surface area (Å²) in [7, 11) is 1.87. The third kappa shape index (κ3) is 3.07. The predicted octanol–water partition coefficient (Wildman–Crippen LogP) is 3.75. The first-order valence-corrected chi connectivity index (χ1v) is 6.89. The van der Waals surface area contributed by atoms with Gasteiger partial charge in [0, 0.05) is 10.4 Å². The first-order valence-electron chi connectivity index (χ1n) is 5.63. The second-order valence-electron chi connectivity index (χ2n) is 4.07. The van der Waals surface area contributed by atoms with Crippen LogP contribution >= 0.6 is 22.9 Å². The topological polar surface area (TPSA) is 24.9 Å². The van der Waals surface area contributed by atoms with E-state index in [1.165, 1.54) is 12.1 Å². The van der Waals surface area contributed by atoms with Crippen LogP contribution in [-0.2, 0) is 6.42 Å². The Balaban J connectivity index is 2.22. The van der Waals surface area contributed by atoms with Crippen LogP contribution in [0.3, 0.4) is 0 Å². The standard InChI is InChI=1S/C13H14ClFN2S/c1-8-17-13(7-18-8)12(16-2)6-9-5-10(15)3-4-11(9)14/h3-5,7,12,16H,6H2,1-2H3. The molecule has 18 heavy (non-hydrogen) atoms. The Morgan fingerprint density at radius 3 is 2.89 bits per heavy atom. The minimum Gasteiger partial charge on any atom is -0.311 e. The van der Waals surface area contributed by atoms with E-state index in [-0.39, 0.29) is 11.9 Å². The third-order valence-corrected chi connectivity index (χ3v) is 3.93. The van der Waals surface area contributed by atoms with Crippen molar-refractivity contribution in [3.8, 4) is 0 Å². The molecule has 0 radical (unpaired) electrons. The number of aryl methyl sites for hydroxylation is 1. The number of nitrogens with zero attached hydrogens (tertiary/aromatic N) is 1. The summed E-state index contributed by atoms with van der Waals surface area (Å²) in [5, 5.41) is 6.82. The zero-order valence-electron chi connectivity index (χ0n) is 10.2. The Labute approximate surface area is 115 Å². The summed E-state index contributed by atoms with van der Waals surface area (Å²) in [6, 6.07) is 4.49. The van der Waals surface area contributed by atoms with Crippen LogP contribution in [0.15, 0.2) is 23.6 Å². The second kappa shape index (κ2) is 5.78. The highest BCUT2D eigenvalue weighted by molar-refractivity contribution is 7.09. The summed E-state index contributed by atoms with van der Waals surface area (Å²) < 4.78 is 13.2. The van der Waals surface area contributed by atoms with Gasteiger partial charge in [-0.2, -0.15) is 0 Å². The van der Waals surface area contributed by atoms with Gasteiger partial charge in [-0.15, -0.1) is 11.3 Å². The summed E-state index contributed by atoms with van der Waals surface area (Å²) in [6.45, 7) is 1.97. The molecule has 0 aliphatic rings. The molecule has 0 saturated heterocycles. The smallest absolute Gasteiger partial charge is 0.123 e. The summed E-state index contributed by atoms with van der Waals surface area (Å²) >= 11 is 7.69. The van der Waals surface area contributed by atoms with Crippen molar-refractivity contribution in [3.05, 3.63) is 50.7 Å². The Bertz CT molecular complexity index is 542. The molecule has 0 spiro atoms. The van der Waals surface area contributed by atoms with E-state index in [0.717, 1.165) is 16.3 Å². The van der Waals surface area contributed by atoms with Crippen LogP contribution in [0.25, 0.3) is 0 Å². The Hall–Kier alpha value is -0.970. The third-order valence-electron chi connectivity index (χ3n) is 2.77. The molecule has 5 heteroatoms. The van der Waals surface area contributed by atoms with Gasteiger partial charge in [-0.1, -0.05) is 11.6 Å². The first kappa shape index (κ1) is 13.5. The van der Waals surface area contributed by atoms with Crippen molar-refractivity contribution in [2.75, 3.05) is 7.05 Å². The van der Waals surface area contributed by atoms with Crippen LogP contribution in [0.1, 0.15) is 22.3 Å². The number of thiazole rings is 1. The SMILES string of the molecule is CNC(Cc1cc(F)ccc1Cl)c1csc(C)n1. The normalized spacial score (nSPS) is 12.7. The van der Waals surface area contributed by atoms with Crippen LogP contribution in [-0.4, -0.2) is 12.0 Å². The zero-order chi connectivity index (χ0) is 13.1. The van der Waals surface area contributed by atoms with Crippen molar-refractivity contribution in [1.29, 1.82) is 0 Å². The molecule has 0 aliphatic carbocycles. The van der Waals surface area contributed by atoms with Gasteiger partial charge in [-0.05, 0) is 44.2 Å². The van der Waals surface area contributed by atoms with E-state index in [1.807, 2.05) is 19.4 Å². The highest BCUT2D eigenvalue weighted by Crippen LogP contribution is 2.25. The lowest BCUT2D eigenvalue weighted by molar-refractivity contribution is 0.572. The zero-order valence-corrected chi connectivity index (χ0v) is 11.8. The fraction of sp³-hybridized carbons (Fsp3) is 0.308. The monoisotopic (exact) mass is 284 g/mol. The van der Waals surface area contributed by atoms with Crippen molar-refractivity contribution < 1.29 is 4.39 Å². The van der Waals surface area contributed by atoms with Crippen LogP contribution in [0, 0.1) is 12.7 Å². The average Bonchev–Trinajstić information content (AvgIpc) is 2.77. The molecule has 1 heterocycles. The highest BCUT2D eigenvalue weighted by atomic mass is 35.5. The molecule has 0 amide bonds. The number of nitrogens with one attached hydrogen (secondary N) is 1. The summed E-state index contributed by atoms with van der Waals surface area (Å²) in [5.74, 6) is -0.265. The molecule has 1 aromatic carbocycles. The van der Waals surface area contributed by atoms with Crippen LogP contribution in [0.5, 0.6) is 0 Å². The van der Waals surface area contributed by atoms with Crippen LogP contribution in [0.2, 0.25) is 5.02 Å². The van der Waals surface area contributed by atoms with Crippen LogP contribution in [0.4, 0.5) is 4.39 Å². The minimum absolute atomic E-state index is 0.0502. The molecule has 1 atom stereocenters. The molecule has 96 valence electrons. The van der Waals surface area contributed by atoms with Crippen LogP contribution < -0.4 is 5.32 Å². The number of rotatable bonds is 4. The maximum absolute atomic E-state index is 13.2. The minimum atomic E-state index is -0.265. The van der Waals surface area contributed by atoms with E-state index in [1.54, 1.807) is 17.4 Å². The fourth-order valence-corrected chi connectivity index (χ4v) is 2.68. The molecule has 1 N–H and O–H groups in total. The van der Waals surface area contributed by atoms with E-state index >= 15 is 0 Å².